The topological polar surface area (TPSA) is 88.6 Å². The molecule has 1 aromatic heterocycles. The fourth-order valence-electron chi connectivity index (χ4n) is 3.10. The average molecular weight is 389 g/mol. The molecule has 1 aromatic carbocycles. The molecular weight excluding hydrogens is 366 g/mol. The average Bonchev–Trinajstić information content (AvgIpc) is 2.97. The first-order valence-corrected chi connectivity index (χ1v) is 10.4. The van der Waals surface area contributed by atoms with Crippen LogP contribution in [0.5, 0.6) is 5.75 Å². The third kappa shape index (κ3) is 4.57. The van der Waals surface area contributed by atoms with Gasteiger partial charge >= 0.3 is 0 Å². The van der Waals surface area contributed by atoms with Gasteiger partial charge in [0.1, 0.15) is 5.75 Å². The summed E-state index contributed by atoms with van der Waals surface area (Å²) < 4.78 is 33.2. The number of rotatable bonds is 5. The van der Waals surface area contributed by atoms with E-state index in [4.69, 9.17) is 4.74 Å². The van der Waals surface area contributed by atoms with E-state index in [1.54, 1.807) is 23.2 Å². The van der Waals surface area contributed by atoms with Crippen LogP contribution in [0.15, 0.2) is 47.6 Å². The molecule has 2 aromatic rings. The second-order valence-corrected chi connectivity index (χ2v) is 8.10. The summed E-state index contributed by atoms with van der Waals surface area (Å²) in [5.74, 6) is 0.164. The number of benzene rings is 1. The van der Waals surface area contributed by atoms with Crippen LogP contribution in [0.4, 0.5) is 5.69 Å². The van der Waals surface area contributed by atoms with Crippen LogP contribution in [0, 0.1) is 0 Å². The van der Waals surface area contributed by atoms with Crippen LogP contribution in [0.1, 0.15) is 36.0 Å². The molecule has 7 nitrogen and oxygen atoms in total. The number of nitrogens with one attached hydrogen (secondary N) is 1. The minimum absolute atomic E-state index is 0.00493. The summed E-state index contributed by atoms with van der Waals surface area (Å²) in [4.78, 5) is 18.7. The molecule has 0 saturated carbocycles. The number of carbonyl (C=O) groups excluding carboxylic acids is 1. The molecule has 3 rings (SSSR count). The highest BCUT2D eigenvalue weighted by Crippen LogP contribution is 2.26. The van der Waals surface area contributed by atoms with Crippen molar-refractivity contribution in [3.8, 4) is 5.75 Å². The summed E-state index contributed by atoms with van der Waals surface area (Å²) in [5, 5.41) is 0. The fourth-order valence-corrected chi connectivity index (χ4v) is 4.17. The van der Waals surface area contributed by atoms with Crippen molar-refractivity contribution >= 4 is 21.6 Å². The first kappa shape index (κ1) is 19.2. The standard InChI is InChI=1S/C19H23N3O4S/c1-26-18-9-8-16(27(24,25)21-15-7-6-10-20-14-15)13-17(18)19(23)22-11-4-2-3-5-12-22/h6-10,13-14,21H,2-5,11-12H2,1H3. The van der Waals surface area contributed by atoms with Gasteiger partial charge in [0.15, 0.2) is 0 Å². The SMILES string of the molecule is COc1ccc(S(=O)(=O)Nc2cccnc2)cc1C(=O)N1CCCCCC1. The van der Waals surface area contributed by atoms with Gasteiger partial charge in [-0.15, -0.1) is 0 Å². The number of methoxy groups -OCH3 is 1. The van der Waals surface area contributed by atoms with Crippen LogP contribution in [0.25, 0.3) is 0 Å². The predicted octanol–water partition coefficient (Wildman–Crippen LogP) is 2.91. The number of aromatic nitrogens is 1. The summed E-state index contributed by atoms with van der Waals surface area (Å²) in [5.41, 5.74) is 0.613. The number of nitrogens with zero attached hydrogens (tertiary/aromatic N) is 2. The van der Waals surface area contributed by atoms with Gasteiger partial charge in [-0.25, -0.2) is 8.42 Å². The van der Waals surface area contributed by atoms with Crippen molar-refractivity contribution in [2.45, 2.75) is 30.6 Å². The van der Waals surface area contributed by atoms with E-state index in [2.05, 4.69) is 9.71 Å². The molecule has 27 heavy (non-hydrogen) atoms. The monoisotopic (exact) mass is 389 g/mol. The largest absolute Gasteiger partial charge is 0.496 e. The summed E-state index contributed by atoms with van der Waals surface area (Å²) in [6.07, 6.45) is 7.09. The summed E-state index contributed by atoms with van der Waals surface area (Å²) in [6.45, 7) is 1.35. The van der Waals surface area contributed by atoms with Gasteiger partial charge in [-0.1, -0.05) is 12.8 Å². The molecule has 144 valence electrons. The van der Waals surface area contributed by atoms with E-state index in [1.807, 2.05) is 0 Å². The molecule has 1 N–H and O–H groups in total. The summed E-state index contributed by atoms with van der Waals surface area (Å²) in [7, 11) is -2.38. The maximum Gasteiger partial charge on any atom is 0.261 e. The molecule has 0 spiro atoms. The van der Waals surface area contributed by atoms with E-state index < -0.39 is 10.0 Å². The number of hydrogen-bond acceptors (Lipinski definition) is 5. The molecule has 1 fully saturated rings. The lowest BCUT2D eigenvalue weighted by atomic mass is 10.1. The zero-order chi connectivity index (χ0) is 19.3. The number of pyridine rings is 1. The minimum atomic E-state index is -3.85. The fraction of sp³-hybridized carbons (Fsp3) is 0.368. The highest BCUT2D eigenvalue weighted by Gasteiger charge is 2.24. The number of ether oxygens (including phenoxy) is 1. The van der Waals surface area contributed by atoms with Crippen LogP contribution in [0.2, 0.25) is 0 Å². The van der Waals surface area contributed by atoms with Crippen molar-refractivity contribution in [2.24, 2.45) is 0 Å². The number of anilines is 1. The van der Waals surface area contributed by atoms with E-state index >= 15 is 0 Å². The Bertz CT molecular complexity index is 892. The van der Waals surface area contributed by atoms with Crippen molar-refractivity contribution < 1.29 is 17.9 Å². The van der Waals surface area contributed by atoms with Crippen LogP contribution in [0.3, 0.4) is 0 Å². The minimum Gasteiger partial charge on any atom is -0.496 e. The molecule has 1 aliphatic heterocycles. The van der Waals surface area contributed by atoms with Crippen LogP contribution in [-0.2, 0) is 10.0 Å². The van der Waals surface area contributed by atoms with E-state index in [1.165, 1.54) is 31.5 Å². The zero-order valence-electron chi connectivity index (χ0n) is 15.2. The Morgan fingerprint density at radius 3 is 2.52 bits per heavy atom. The van der Waals surface area contributed by atoms with Crippen LogP contribution in [-0.4, -0.2) is 44.4 Å². The summed E-state index contributed by atoms with van der Waals surface area (Å²) in [6, 6.07) is 7.57. The van der Waals surface area contributed by atoms with Crippen molar-refractivity contribution in [2.75, 3.05) is 24.9 Å². The Morgan fingerprint density at radius 1 is 1.15 bits per heavy atom. The Labute approximate surface area is 159 Å². The molecule has 8 heteroatoms. The van der Waals surface area contributed by atoms with Gasteiger partial charge in [-0.05, 0) is 43.2 Å². The van der Waals surface area contributed by atoms with Crippen molar-refractivity contribution in [3.05, 3.63) is 48.3 Å². The number of likely N-dealkylation sites (tertiary alicyclic amines) is 1. The Hall–Kier alpha value is -2.61. The molecule has 0 radical (unpaired) electrons. The van der Waals surface area contributed by atoms with Crippen molar-refractivity contribution in [1.29, 1.82) is 0 Å². The molecule has 1 amide bonds. The van der Waals surface area contributed by atoms with Crippen LogP contribution >= 0.6 is 0 Å². The lowest BCUT2D eigenvalue weighted by Crippen LogP contribution is -2.32. The lowest BCUT2D eigenvalue weighted by molar-refractivity contribution is 0.0758. The van der Waals surface area contributed by atoms with Gasteiger partial charge in [0.2, 0.25) is 0 Å². The number of sulfonamides is 1. The van der Waals surface area contributed by atoms with Crippen LogP contribution < -0.4 is 9.46 Å². The first-order valence-electron chi connectivity index (χ1n) is 8.91. The maximum atomic E-state index is 13.0. The Kier molecular flexibility index (Phi) is 5.95. The van der Waals surface area contributed by atoms with Crippen molar-refractivity contribution in [3.63, 3.8) is 0 Å². The first-order chi connectivity index (χ1) is 13.0. The molecule has 0 aliphatic carbocycles. The second kappa shape index (κ2) is 8.39. The third-order valence-corrected chi connectivity index (χ3v) is 5.90. The van der Waals surface area contributed by atoms with Crippen molar-refractivity contribution in [1.82, 2.24) is 9.88 Å². The predicted molar refractivity (Wildman–Crippen MR) is 102 cm³/mol. The van der Waals surface area contributed by atoms with E-state index in [9.17, 15) is 13.2 Å². The number of hydrogen-bond donors (Lipinski definition) is 1. The molecule has 0 unspecified atom stereocenters. The molecule has 2 heterocycles. The van der Waals surface area contributed by atoms with E-state index in [-0.39, 0.29) is 16.4 Å². The highest BCUT2D eigenvalue weighted by molar-refractivity contribution is 7.92. The normalized spacial score (nSPS) is 15.1. The smallest absolute Gasteiger partial charge is 0.261 e. The summed E-state index contributed by atoms with van der Waals surface area (Å²) >= 11 is 0. The van der Waals surface area contributed by atoms with Gasteiger partial charge in [0, 0.05) is 19.3 Å². The molecule has 1 aliphatic rings. The van der Waals surface area contributed by atoms with Gasteiger partial charge in [0.25, 0.3) is 15.9 Å². The Balaban J connectivity index is 1.91. The molecule has 1 saturated heterocycles. The van der Waals surface area contributed by atoms with Gasteiger partial charge in [0.05, 0.1) is 29.5 Å². The van der Waals surface area contributed by atoms with Gasteiger partial charge in [-0.2, -0.15) is 0 Å². The molecular formula is C19H23N3O4S. The third-order valence-electron chi connectivity index (χ3n) is 4.52. The van der Waals surface area contributed by atoms with E-state index in [0.717, 1.165) is 25.7 Å². The number of amides is 1. The lowest BCUT2D eigenvalue weighted by Gasteiger charge is -2.22. The molecule has 0 atom stereocenters. The Morgan fingerprint density at radius 2 is 1.89 bits per heavy atom. The second-order valence-electron chi connectivity index (χ2n) is 6.42. The van der Waals surface area contributed by atoms with Gasteiger partial charge in [-0.3, -0.25) is 14.5 Å². The highest BCUT2D eigenvalue weighted by atomic mass is 32.2. The quantitative estimate of drug-likeness (QED) is 0.849. The zero-order valence-corrected chi connectivity index (χ0v) is 16.0. The molecule has 0 bridgehead atoms. The van der Waals surface area contributed by atoms with Gasteiger partial charge < -0.3 is 9.64 Å². The number of carbonyl (C=O) groups is 1. The maximum absolute atomic E-state index is 13.0. The van der Waals surface area contributed by atoms with E-state index in [0.29, 0.717) is 24.5 Å².